The Balaban J connectivity index is 3.05. The Hall–Kier alpha value is -1.85. The van der Waals surface area contributed by atoms with Crippen molar-refractivity contribution in [3.8, 4) is 0 Å². The smallest absolute Gasteiger partial charge is 0.376 e. The van der Waals surface area contributed by atoms with Crippen molar-refractivity contribution < 1.29 is 23.5 Å². The summed E-state index contributed by atoms with van der Waals surface area (Å²) in [6.45, 7) is 4.02. The summed E-state index contributed by atoms with van der Waals surface area (Å²) in [6.07, 6.45) is 2.95. The molecule has 0 aliphatic heterocycles. The van der Waals surface area contributed by atoms with E-state index < -0.39 is 11.9 Å². The van der Waals surface area contributed by atoms with Crippen LogP contribution >= 0.6 is 0 Å². The maximum atomic E-state index is 11.6. The zero-order valence-corrected chi connectivity index (χ0v) is 11.7. The van der Waals surface area contributed by atoms with Gasteiger partial charge in [-0.2, -0.15) is 0 Å². The molecule has 0 amide bonds. The van der Waals surface area contributed by atoms with Crippen LogP contribution in [-0.2, 0) is 9.47 Å². The lowest BCUT2D eigenvalue weighted by molar-refractivity contribution is 0.0525. The number of nitrogens with zero attached hydrogens (tertiary/aromatic N) is 1. The predicted molar refractivity (Wildman–Crippen MR) is 67.1 cm³/mol. The van der Waals surface area contributed by atoms with Gasteiger partial charge in [-0.1, -0.05) is 26.7 Å². The Kier molecular flexibility index (Phi) is 5.54. The number of hydrogen-bond acceptors (Lipinski definition) is 6. The molecule has 0 aliphatic rings. The molecule has 0 N–H and O–H groups in total. The maximum absolute atomic E-state index is 11.6. The molecule has 1 unspecified atom stereocenters. The molecule has 1 rings (SSSR count). The third-order valence-corrected chi connectivity index (χ3v) is 2.81. The molecule has 1 atom stereocenters. The van der Waals surface area contributed by atoms with Gasteiger partial charge >= 0.3 is 11.9 Å². The minimum Gasteiger partial charge on any atom is -0.464 e. The van der Waals surface area contributed by atoms with Crippen LogP contribution in [0.5, 0.6) is 0 Å². The number of methoxy groups -OCH3 is 2. The highest BCUT2D eigenvalue weighted by Gasteiger charge is 2.28. The van der Waals surface area contributed by atoms with Crippen LogP contribution < -0.4 is 0 Å². The molecule has 0 fully saturated rings. The first kappa shape index (κ1) is 15.2. The molecule has 1 aromatic heterocycles. The average molecular weight is 269 g/mol. The Morgan fingerprint density at radius 1 is 1.26 bits per heavy atom. The van der Waals surface area contributed by atoms with Gasteiger partial charge < -0.3 is 13.9 Å². The van der Waals surface area contributed by atoms with Gasteiger partial charge in [-0.05, 0) is 6.42 Å². The molecule has 0 spiro atoms. The standard InChI is InChI=1S/C13H19NO5/c1-5-6-7-8(2)11-14-9(12(15)17-3)10(19-11)13(16)18-4/h8H,5-7H2,1-4H3. The van der Waals surface area contributed by atoms with Crippen molar-refractivity contribution in [2.45, 2.75) is 39.0 Å². The molecule has 0 aromatic carbocycles. The minimum absolute atomic E-state index is 0.0294. The van der Waals surface area contributed by atoms with E-state index in [1.165, 1.54) is 14.2 Å². The van der Waals surface area contributed by atoms with Crippen LogP contribution in [0.4, 0.5) is 0 Å². The first-order valence-electron chi connectivity index (χ1n) is 6.22. The van der Waals surface area contributed by atoms with Crippen molar-refractivity contribution in [1.82, 2.24) is 4.98 Å². The summed E-state index contributed by atoms with van der Waals surface area (Å²) in [5, 5.41) is 0. The van der Waals surface area contributed by atoms with Crippen LogP contribution in [0.25, 0.3) is 0 Å². The number of unbranched alkanes of at least 4 members (excludes halogenated alkanes) is 1. The van der Waals surface area contributed by atoms with E-state index in [-0.39, 0.29) is 17.4 Å². The normalized spacial score (nSPS) is 12.0. The van der Waals surface area contributed by atoms with Crippen LogP contribution in [0.3, 0.4) is 0 Å². The van der Waals surface area contributed by atoms with Gasteiger partial charge in [0, 0.05) is 5.92 Å². The second-order valence-electron chi connectivity index (χ2n) is 4.26. The van der Waals surface area contributed by atoms with Crippen molar-refractivity contribution >= 4 is 11.9 Å². The molecule has 106 valence electrons. The van der Waals surface area contributed by atoms with Gasteiger partial charge in [-0.3, -0.25) is 0 Å². The topological polar surface area (TPSA) is 78.6 Å². The van der Waals surface area contributed by atoms with Crippen LogP contribution in [0.2, 0.25) is 0 Å². The number of carbonyl (C=O) groups is 2. The van der Waals surface area contributed by atoms with Crippen molar-refractivity contribution in [2.75, 3.05) is 14.2 Å². The summed E-state index contributed by atoms with van der Waals surface area (Å²) >= 11 is 0. The van der Waals surface area contributed by atoms with E-state index in [1.807, 2.05) is 6.92 Å². The van der Waals surface area contributed by atoms with E-state index in [0.717, 1.165) is 19.3 Å². The van der Waals surface area contributed by atoms with Crippen LogP contribution in [0.15, 0.2) is 4.42 Å². The Morgan fingerprint density at radius 2 is 1.89 bits per heavy atom. The van der Waals surface area contributed by atoms with Crippen molar-refractivity contribution in [3.63, 3.8) is 0 Å². The highest BCUT2D eigenvalue weighted by molar-refractivity contribution is 5.99. The summed E-state index contributed by atoms with van der Waals surface area (Å²) in [6, 6.07) is 0. The van der Waals surface area contributed by atoms with Gasteiger partial charge in [0.25, 0.3) is 0 Å². The second kappa shape index (κ2) is 6.92. The van der Waals surface area contributed by atoms with Crippen LogP contribution in [0.1, 0.15) is 66.0 Å². The average Bonchev–Trinajstić information content (AvgIpc) is 2.88. The van der Waals surface area contributed by atoms with Crippen molar-refractivity contribution in [1.29, 1.82) is 0 Å². The molecule has 19 heavy (non-hydrogen) atoms. The van der Waals surface area contributed by atoms with Gasteiger partial charge in [0.1, 0.15) is 0 Å². The number of aromatic nitrogens is 1. The summed E-state index contributed by atoms with van der Waals surface area (Å²) in [7, 11) is 2.43. The molecule has 0 aliphatic carbocycles. The van der Waals surface area contributed by atoms with E-state index in [2.05, 4.69) is 21.4 Å². The number of oxazole rings is 1. The fraction of sp³-hybridized carbons (Fsp3) is 0.615. The number of ether oxygens (including phenoxy) is 2. The molecular weight excluding hydrogens is 250 g/mol. The zero-order chi connectivity index (χ0) is 14.4. The van der Waals surface area contributed by atoms with Crippen LogP contribution in [-0.4, -0.2) is 31.1 Å². The first-order valence-corrected chi connectivity index (χ1v) is 6.22. The third-order valence-electron chi connectivity index (χ3n) is 2.81. The van der Waals surface area contributed by atoms with Gasteiger partial charge in [-0.15, -0.1) is 0 Å². The fourth-order valence-electron chi connectivity index (χ4n) is 1.65. The molecule has 0 saturated carbocycles. The molecule has 6 heteroatoms. The van der Waals surface area contributed by atoms with E-state index in [9.17, 15) is 9.59 Å². The van der Waals surface area contributed by atoms with Crippen molar-refractivity contribution in [2.24, 2.45) is 0 Å². The Bertz CT molecular complexity index is 418. The van der Waals surface area contributed by atoms with E-state index >= 15 is 0 Å². The maximum Gasteiger partial charge on any atom is 0.376 e. The Labute approximate surface area is 112 Å². The van der Waals surface area contributed by atoms with Gasteiger partial charge in [0.2, 0.25) is 11.5 Å². The van der Waals surface area contributed by atoms with Crippen molar-refractivity contribution in [3.05, 3.63) is 17.3 Å². The lowest BCUT2D eigenvalue weighted by atomic mass is 10.0. The van der Waals surface area contributed by atoms with Gasteiger partial charge in [0.05, 0.1) is 14.2 Å². The molecule has 1 aromatic rings. The molecule has 0 saturated heterocycles. The SMILES string of the molecule is CCCCC(C)c1nc(C(=O)OC)c(C(=O)OC)o1. The van der Waals surface area contributed by atoms with Crippen LogP contribution in [0, 0.1) is 0 Å². The van der Waals surface area contributed by atoms with E-state index in [0.29, 0.717) is 5.89 Å². The molecule has 1 heterocycles. The first-order chi connectivity index (χ1) is 9.04. The number of rotatable bonds is 6. The van der Waals surface area contributed by atoms with Gasteiger partial charge in [0.15, 0.2) is 5.89 Å². The van der Waals surface area contributed by atoms with E-state index in [4.69, 9.17) is 4.42 Å². The summed E-state index contributed by atoms with van der Waals surface area (Å²) in [5.74, 6) is -1.26. The second-order valence-corrected chi connectivity index (χ2v) is 4.26. The number of hydrogen-bond donors (Lipinski definition) is 0. The highest BCUT2D eigenvalue weighted by atomic mass is 16.5. The number of esters is 2. The monoisotopic (exact) mass is 269 g/mol. The lowest BCUT2D eigenvalue weighted by Gasteiger charge is -2.04. The number of carbonyl (C=O) groups excluding carboxylic acids is 2. The van der Waals surface area contributed by atoms with E-state index in [1.54, 1.807) is 0 Å². The fourth-order valence-corrected chi connectivity index (χ4v) is 1.65. The molecule has 0 radical (unpaired) electrons. The molecule has 0 bridgehead atoms. The summed E-state index contributed by atoms with van der Waals surface area (Å²) < 4.78 is 14.5. The van der Waals surface area contributed by atoms with Gasteiger partial charge in [-0.25, -0.2) is 14.6 Å². The lowest BCUT2D eigenvalue weighted by Crippen LogP contribution is -2.10. The highest BCUT2D eigenvalue weighted by Crippen LogP contribution is 2.24. The minimum atomic E-state index is -0.734. The third kappa shape index (κ3) is 3.56. The largest absolute Gasteiger partial charge is 0.464 e. The Morgan fingerprint density at radius 3 is 2.42 bits per heavy atom. The summed E-state index contributed by atoms with van der Waals surface area (Å²) in [4.78, 5) is 27.2. The molecular formula is C13H19NO5. The molecule has 6 nitrogen and oxygen atoms in total. The summed E-state index contributed by atoms with van der Waals surface area (Å²) in [5.41, 5.74) is -0.132. The quantitative estimate of drug-likeness (QED) is 0.738. The zero-order valence-electron chi connectivity index (χ0n) is 11.7. The predicted octanol–water partition coefficient (Wildman–Crippen LogP) is 2.54.